The molecule has 4 rings (SSSR count). The summed E-state index contributed by atoms with van der Waals surface area (Å²) in [5.74, 6) is 1.89. The van der Waals surface area contributed by atoms with E-state index in [1.54, 1.807) is 29.0 Å². The van der Waals surface area contributed by atoms with Gasteiger partial charge in [-0.05, 0) is 30.7 Å². The van der Waals surface area contributed by atoms with Crippen LogP contribution in [0.2, 0.25) is 0 Å². The Morgan fingerprint density at radius 1 is 1.23 bits per heavy atom. The van der Waals surface area contributed by atoms with Gasteiger partial charge in [-0.2, -0.15) is 0 Å². The summed E-state index contributed by atoms with van der Waals surface area (Å²) >= 11 is 0. The minimum atomic E-state index is -0.569. The molecule has 0 bridgehead atoms. The van der Waals surface area contributed by atoms with E-state index in [9.17, 15) is 14.7 Å². The van der Waals surface area contributed by atoms with Crippen molar-refractivity contribution in [1.82, 2.24) is 24.6 Å². The second-order valence-corrected chi connectivity index (χ2v) is 8.58. The molecule has 2 aliphatic rings. The van der Waals surface area contributed by atoms with Gasteiger partial charge in [0.1, 0.15) is 5.75 Å². The van der Waals surface area contributed by atoms with E-state index in [0.29, 0.717) is 49.8 Å². The quantitative estimate of drug-likeness (QED) is 0.794. The van der Waals surface area contributed by atoms with Gasteiger partial charge in [-0.1, -0.05) is 13.8 Å². The number of hydrogen-bond acceptors (Lipinski definition) is 6. The molecule has 0 radical (unpaired) electrons. The number of amides is 2. The lowest BCUT2D eigenvalue weighted by atomic mass is 10.1. The predicted octanol–water partition coefficient (Wildman–Crippen LogP) is 1.54. The molecule has 1 fully saturated rings. The summed E-state index contributed by atoms with van der Waals surface area (Å²) in [4.78, 5) is 29.2. The normalized spacial score (nSPS) is 20.8. The molecule has 1 saturated heterocycles. The number of fused-ring (bicyclic) bond motifs is 1. The van der Waals surface area contributed by atoms with Gasteiger partial charge in [-0.15, -0.1) is 10.2 Å². The van der Waals surface area contributed by atoms with Crippen LogP contribution < -0.4 is 4.74 Å². The molecule has 2 aliphatic heterocycles. The Hall–Kier alpha value is -2.94. The van der Waals surface area contributed by atoms with Crippen molar-refractivity contribution in [1.29, 1.82) is 0 Å². The summed E-state index contributed by atoms with van der Waals surface area (Å²) in [6.45, 7) is 7.34. The summed E-state index contributed by atoms with van der Waals surface area (Å²) in [5, 5.41) is 18.9. The minimum absolute atomic E-state index is 0.00138. The lowest BCUT2D eigenvalue weighted by Crippen LogP contribution is -2.40. The number of ether oxygens (including phenoxy) is 1. The molecular weight excluding hydrogens is 398 g/mol. The fraction of sp³-hybridized carbons (Fsp3) is 0.545. The van der Waals surface area contributed by atoms with E-state index in [1.165, 1.54) is 0 Å². The van der Waals surface area contributed by atoms with Gasteiger partial charge in [0.15, 0.2) is 11.6 Å². The number of benzene rings is 1. The third kappa shape index (κ3) is 3.89. The number of hydrogen-bond donors (Lipinski definition) is 1. The highest BCUT2D eigenvalue weighted by Crippen LogP contribution is 2.33. The van der Waals surface area contributed by atoms with Crippen LogP contribution in [0.5, 0.6) is 5.75 Å². The number of likely N-dealkylation sites (tertiary alicyclic amines) is 1. The zero-order chi connectivity index (χ0) is 22.3. The molecule has 0 spiro atoms. The van der Waals surface area contributed by atoms with Crippen molar-refractivity contribution in [3.8, 4) is 5.75 Å². The van der Waals surface area contributed by atoms with Crippen molar-refractivity contribution in [2.45, 2.75) is 52.4 Å². The average molecular weight is 428 g/mol. The van der Waals surface area contributed by atoms with Gasteiger partial charge in [-0.25, -0.2) is 0 Å². The molecule has 2 aromatic rings. The van der Waals surface area contributed by atoms with Gasteiger partial charge in [0, 0.05) is 37.5 Å². The van der Waals surface area contributed by atoms with Crippen LogP contribution in [-0.4, -0.2) is 67.8 Å². The smallest absolute Gasteiger partial charge is 0.254 e. The molecule has 9 nitrogen and oxygen atoms in total. The molecule has 2 amide bonds. The number of β-amino-alcohol motifs (C(OH)–C–C–N with tert-alkyl or cyclic N) is 1. The second kappa shape index (κ2) is 8.30. The zero-order valence-electron chi connectivity index (χ0n) is 18.4. The van der Waals surface area contributed by atoms with E-state index < -0.39 is 6.10 Å². The predicted molar refractivity (Wildman–Crippen MR) is 112 cm³/mol. The summed E-state index contributed by atoms with van der Waals surface area (Å²) in [7, 11) is 1.60. The van der Waals surface area contributed by atoms with Crippen LogP contribution in [0.1, 0.15) is 53.9 Å². The van der Waals surface area contributed by atoms with Crippen molar-refractivity contribution >= 4 is 11.8 Å². The van der Waals surface area contributed by atoms with Crippen molar-refractivity contribution in [2.75, 3.05) is 20.2 Å². The maximum atomic E-state index is 13.1. The SMILES string of the molecule is COc1ccc(C(=O)N2CCn3c(nnc3[C@@H]3C[C@@H](O)CN3C(=O)C(C)C)C2)c(C)c1. The van der Waals surface area contributed by atoms with Crippen LogP contribution in [0.15, 0.2) is 18.2 Å². The largest absolute Gasteiger partial charge is 0.497 e. The van der Waals surface area contributed by atoms with Crippen LogP contribution in [0.3, 0.4) is 0 Å². The molecule has 1 aromatic carbocycles. The molecule has 1 aromatic heterocycles. The van der Waals surface area contributed by atoms with Gasteiger partial charge in [0.25, 0.3) is 5.91 Å². The third-order valence-corrected chi connectivity index (χ3v) is 6.09. The maximum Gasteiger partial charge on any atom is 0.254 e. The number of nitrogens with zero attached hydrogens (tertiary/aromatic N) is 5. The van der Waals surface area contributed by atoms with Gasteiger partial charge in [-0.3, -0.25) is 9.59 Å². The minimum Gasteiger partial charge on any atom is -0.497 e. The Labute approximate surface area is 181 Å². The van der Waals surface area contributed by atoms with Crippen LogP contribution in [0.4, 0.5) is 0 Å². The number of carbonyl (C=O) groups excluding carboxylic acids is 2. The summed E-state index contributed by atoms with van der Waals surface area (Å²) in [6.07, 6.45) is -0.120. The third-order valence-electron chi connectivity index (χ3n) is 6.09. The van der Waals surface area contributed by atoms with Crippen molar-refractivity contribution in [3.63, 3.8) is 0 Å². The molecule has 1 N–H and O–H groups in total. The molecule has 9 heteroatoms. The van der Waals surface area contributed by atoms with Gasteiger partial charge < -0.3 is 24.2 Å². The number of aryl methyl sites for hydroxylation is 1. The lowest BCUT2D eigenvalue weighted by Gasteiger charge is -2.30. The molecule has 31 heavy (non-hydrogen) atoms. The Morgan fingerprint density at radius 3 is 2.68 bits per heavy atom. The van der Waals surface area contributed by atoms with Gasteiger partial charge in [0.2, 0.25) is 5.91 Å². The summed E-state index contributed by atoms with van der Waals surface area (Å²) < 4.78 is 7.22. The number of aliphatic hydroxyl groups excluding tert-OH is 1. The van der Waals surface area contributed by atoms with E-state index >= 15 is 0 Å². The van der Waals surface area contributed by atoms with Crippen LogP contribution in [0, 0.1) is 12.8 Å². The summed E-state index contributed by atoms with van der Waals surface area (Å²) in [6, 6.07) is 5.13. The summed E-state index contributed by atoms with van der Waals surface area (Å²) in [5.41, 5.74) is 1.50. The topological polar surface area (TPSA) is 101 Å². The molecule has 0 aliphatic carbocycles. The number of rotatable bonds is 4. The number of methoxy groups -OCH3 is 1. The molecule has 2 atom stereocenters. The number of carbonyl (C=O) groups is 2. The van der Waals surface area contributed by atoms with E-state index in [-0.39, 0.29) is 23.8 Å². The van der Waals surface area contributed by atoms with Crippen molar-refractivity contribution in [2.24, 2.45) is 5.92 Å². The van der Waals surface area contributed by atoms with E-state index in [0.717, 1.165) is 11.3 Å². The fourth-order valence-electron chi connectivity index (χ4n) is 4.41. The monoisotopic (exact) mass is 427 g/mol. The molecular formula is C22H29N5O4. The van der Waals surface area contributed by atoms with Crippen molar-refractivity contribution in [3.05, 3.63) is 41.0 Å². The average Bonchev–Trinajstić information content (AvgIpc) is 3.34. The molecule has 3 heterocycles. The second-order valence-electron chi connectivity index (χ2n) is 8.58. The fourth-order valence-corrected chi connectivity index (χ4v) is 4.41. The molecule has 166 valence electrons. The Bertz CT molecular complexity index is 1000. The first kappa shape index (κ1) is 21.3. The highest BCUT2D eigenvalue weighted by Gasteiger charge is 2.40. The maximum absolute atomic E-state index is 13.1. The van der Waals surface area contributed by atoms with Crippen LogP contribution >= 0.6 is 0 Å². The van der Waals surface area contributed by atoms with Gasteiger partial charge >= 0.3 is 0 Å². The van der Waals surface area contributed by atoms with Crippen LogP contribution in [0.25, 0.3) is 0 Å². The number of aliphatic hydroxyl groups is 1. The highest BCUT2D eigenvalue weighted by atomic mass is 16.5. The first-order chi connectivity index (χ1) is 14.8. The van der Waals surface area contributed by atoms with Crippen molar-refractivity contribution < 1.29 is 19.4 Å². The first-order valence-electron chi connectivity index (χ1n) is 10.6. The lowest BCUT2D eigenvalue weighted by molar-refractivity contribution is -0.135. The Balaban J connectivity index is 1.55. The highest BCUT2D eigenvalue weighted by molar-refractivity contribution is 5.95. The van der Waals surface area contributed by atoms with E-state index in [1.807, 2.05) is 31.4 Å². The molecule has 0 unspecified atom stereocenters. The Morgan fingerprint density at radius 2 is 2.00 bits per heavy atom. The van der Waals surface area contributed by atoms with Gasteiger partial charge in [0.05, 0.1) is 25.8 Å². The standard InChI is InChI=1S/C22H29N5O4/c1-13(2)21(29)27-11-15(28)10-18(27)20-24-23-19-12-25(7-8-26(19)20)22(30)17-6-5-16(31-4)9-14(17)3/h5-6,9,13,15,18,28H,7-8,10-12H2,1-4H3/t15-,18+/m1/s1. The van der Waals surface area contributed by atoms with E-state index in [2.05, 4.69) is 10.2 Å². The number of aromatic nitrogens is 3. The Kier molecular flexibility index (Phi) is 5.70. The zero-order valence-corrected chi connectivity index (χ0v) is 18.4. The van der Waals surface area contributed by atoms with Crippen LogP contribution in [-0.2, 0) is 17.9 Å². The van der Waals surface area contributed by atoms with E-state index in [4.69, 9.17) is 4.74 Å². The molecule has 0 saturated carbocycles. The first-order valence-corrected chi connectivity index (χ1v) is 10.6.